The lowest BCUT2D eigenvalue weighted by Gasteiger charge is -2.22. The maximum atomic E-state index is 14.5. The first-order valence-electron chi connectivity index (χ1n) is 12.7. The van der Waals surface area contributed by atoms with Gasteiger partial charge < -0.3 is 14.5 Å². The Morgan fingerprint density at radius 1 is 0.905 bits per heavy atom. The van der Waals surface area contributed by atoms with Gasteiger partial charge in [0.15, 0.2) is 11.6 Å². The average molecular weight is 582 g/mol. The molecule has 1 atom stereocenters. The van der Waals surface area contributed by atoms with E-state index in [0.29, 0.717) is 33.7 Å². The second kappa shape index (κ2) is 10.5. The second-order valence-corrected chi connectivity index (χ2v) is 10.0. The molecule has 0 spiro atoms. The van der Waals surface area contributed by atoms with Crippen LogP contribution in [-0.4, -0.2) is 19.1 Å². The Labute approximate surface area is 235 Å². The van der Waals surface area contributed by atoms with E-state index >= 15 is 0 Å². The van der Waals surface area contributed by atoms with Gasteiger partial charge in [-0.15, -0.1) is 0 Å². The SMILES string of the molecule is Cc1cc([C@@H](C)Nc2ccc(F)cc2C(F)(F)F)c2cc(-c3cnc(-c4ccn(C)c(=O)c4F)nc3)n(C)c(=O)c2c1. The fourth-order valence-corrected chi connectivity index (χ4v) is 4.88. The van der Waals surface area contributed by atoms with E-state index in [2.05, 4.69) is 15.3 Å². The summed E-state index contributed by atoms with van der Waals surface area (Å²) in [6.07, 6.45) is -0.607. The number of hydrogen-bond acceptors (Lipinski definition) is 5. The van der Waals surface area contributed by atoms with Crippen molar-refractivity contribution in [2.24, 2.45) is 14.1 Å². The summed E-state index contributed by atoms with van der Waals surface area (Å²) in [5, 5.41) is 3.66. The third-order valence-corrected chi connectivity index (χ3v) is 7.06. The molecule has 216 valence electrons. The van der Waals surface area contributed by atoms with Gasteiger partial charge in [0.05, 0.1) is 16.8 Å². The van der Waals surface area contributed by atoms with E-state index in [0.717, 1.165) is 22.3 Å². The fourth-order valence-electron chi connectivity index (χ4n) is 4.88. The summed E-state index contributed by atoms with van der Waals surface area (Å²) in [6, 6.07) is 8.22. The maximum absolute atomic E-state index is 14.5. The molecule has 0 saturated carbocycles. The molecule has 0 amide bonds. The number of hydrogen-bond donors (Lipinski definition) is 1. The number of aromatic nitrogens is 4. The Balaban J connectivity index is 1.60. The van der Waals surface area contributed by atoms with Crippen molar-refractivity contribution in [1.29, 1.82) is 0 Å². The second-order valence-electron chi connectivity index (χ2n) is 10.0. The molecule has 2 aromatic carbocycles. The van der Waals surface area contributed by atoms with Crippen LogP contribution in [0.25, 0.3) is 33.4 Å². The van der Waals surface area contributed by atoms with E-state index in [4.69, 9.17) is 0 Å². The number of rotatable bonds is 5. The Morgan fingerprint density at radius 3 is 2.26 bits per heavy atom. The number of fused-ring (bicyclic) bond motifs is 1. The molecule has 3 heterocycles. The van der Waals surface area contributed by atoms with Crippen LogP contribution in [0.4, 0.5) is 27.6 Å². The Morgan fingerprint density at radius 2 is 1.60 bits per heavy atom. The third kappa shape index (κ3) is 5.15. The summed E-state index contributed by atoms with van der Waals surface area (Å²) in [6.45, 7) is 3.41. The molecule has 0 radical (unpaired) electrons. The summed E-state index contributed by atoms with van der Waals surface area (Å²) >= 11 is 0. The van der Waals surface area contributed by atoms with E-state index in [1.165, 1.54) is 36.3 Å². The van der Waals surface area contributed by atoms with Crippen LogP contribution in [0.5, 0.6) is 0 Å². The lowest BCUT2D eigenvalue weighted by Crippen LogP contribution is -2.21. The van der Waals surface area contributed by atoms with Gasteiger partial charge in [-0.25, -0.2) is 18.7 Å². The van der Waals surface area contributed by atoms with Crippen molar-refractivity contribution in [1.82, 2.24) is 19.1 Å². The van der Waals surface area contributed by atoms with E-state index in [1.807, 2.05) is 0 Å². The molecule has 5 rings (SSSR count). The zero-order valence-electron chi connectivity index (χ0n) is 22.8. The number of pyridine rings is 2. The lowest BCUT2D eigenvalue weighted by molar-refractivity contribution is -0.137. The van der Waals surface area contributed by atoms with E-state index in [-0.39, 0.29) is 22.6 Å². The lowest BCUT2D eigenvalue weighted by atomic mass is 9.96. The zero-order valence-corrected chi connectivity index (χ0v) is 22.8. The summed E-state index contributed by atoms with van der Waals surface area (Å²) in [4.78, 5) is 33.9. The normalized spacial score (nSPS) is 12.5. The standard InChI is InChI=1S/C30H24F5N5O2/c1-15-9-20(16(2)38-24-6-5-18(31)11-23(24)30(33,34)35)21-12-25(40(4)28(41)22(21)10-15)17-13-36-27(37-14-17)19-7-8-39(3)29(42)26(19)32/h5-14,16,38H,1-4H3/t16-/m1/s1. The smallest absolute Gasteiger partial charge is 0.378 e. The average Bonchev–Trinajstić information content (AvgIpc) is 2.94. The molecule has 12 heteroatoms. The number of halogens is 5. The molecule has 0 saturated heterocycles. The van der Waals surface area contributed by atoms with E-state index in [9.17, 15) is 31.5 Å². The Kier molecular flexibility index (Phi) is 7.17. The predicted octanol–water partition coefficient (Wildman–Crippen LogP) is 6.14. The molecule has 7 nitrogen and oxygen atoms in total. The van der Waals surface area contributed by atoms with Gasteiger partial charge in [-0.1, -0.05) is 6.07 Å². The molecule has 0 unspecified atom stereocenters. The minimum Gasteiger partial charge on any atom is -0.378 e. The van der Waals surface area contributed by atoms with Gasteiger partial charge in [-0.3, -0.25) is 9.59 Å². The van der Waals surface area contributed by atoms with Gasteiger partial charge >= 0.3 is 6.18 Å². The molecule has 0 aliphatic rings. The van der Waals surface area contributed by atoms with E-state index in [1.54, 1.807) is 39.1 Å². The van der Waals surface area contributed by atoms with Crippen LogP contribution in [-0.2, 0) is 20.3 Å². The first-order chi connectivity index (χ1) is 19.8. The number of nitrogens with zero attached hydrogens (tertiary/aromatic N) is 4. The van der Waals surface area contributed by atoms with Crippen LogP contribution in [0.2, 0.25) is 0 Å². The number of aryl methyl sites for hydroxylation is 2. The van der Waals surface area contributed by atoms with E-state index < -0.39 is 35.0 Å². The summed E-state index contributed by atoms with van der Waals surface area (Å²) in [5.74, 6) is -2.03. The molecular formula is C30H24F5N5O2. The van der Waals surface area contributed by atoms with Gasteiger partial charge in [-0.2, -0.15) is 13.2 Å². The number of nitrogens with one attached hydrogen (secondary N) is 1. The Bertz CT molecular complexity index is 1960. The predicted molar refractivity (Wildman–Crippen MR) is 149 cm³/mol. The Hall–Kier alpha value is -4.87. The van der Waals surface area contributed by atoms with Crippen molar-refractivity contribution in [3.8, 4) is 22.6 Å². The number of benzene rings is 2. The molecular weight excluding hydrogens is 557 g/mol. The van der Waals surface area contributed by atoms with Crippen LogP contribution in [0, 0.1) is 18.6 Å². The molecule has 0 fully saturated rings. The topological polar surface area (TPSA) is 81.8 Å². The molecule has 42 heavy (non-hydrogen) atoms. The summed E-state index contributed by atoms with van der Waals surface area (Å²) < 4.78 is 71.6. The molecule has 5 aromatic rings. The first kappa shape index (κ1) is 28.7. The third-order valence-electron chi connectivity index (χ3n) is 7.06. The highest BCUT2D eigenvalue weighted by molar-refractivity contribution is 5.89. The van der Waals surface area contributed by atoms with Crippen molar-refractivity contribution in [3.05, 3.63) is 110 Å². The highest BCUT2D eigenvalue weighted by atomic mass is 19.4. The van der Waals surface area contributed by atoms with Crippen LogP contribution >= 0.6 is 0 Å². The van der Waals surface area contributed by atoms with Crippen LogP contribution in [0.15, 0.2) is 70.6 Å². The van der Waals surface area contributed by atoms with Gasteiger partial charge in [0.1, 0.15) is 5.82 Å². The van der Waals surface area contributed by atoms with Gasteiger partial charge in [0.25, 0.3) is 11.1 Å². The minimum atomic E-state index is -4.79. The van der Waals surface area contributed by atoms with Crippen LogP contribution in [0.1, 0.15) is 29.7 Å². The van der Waals surface area contributed by atoms with Crippen molar-refractivity contribution in [3.63, 3.8) is 0 Å². The molecule has 0 aliphatic heterocycles. The molecule has 1 N–H and O–H groups in total. The van der Waals surface area contributed by atoms with Gasteiger partial charge in [0.2, 0.25) is 0 Å². The first-order valence-corrected chi connectivity index (χ1v) is 12.7. The maximum Gasteiger partial charge on any atom is 0.418 e. The minimum absolute atomic E-state index is 0.0198. The molecule has 0 aliphatic carbocycles. The zero-order chi connectivity index (χ0) is 30.5. The van der Waals surface area contributed by atoms with Crippen molar-refractivity contribution in [2.75, 3.05) is 5.32 Å². The summed E-state index contributed by atoms with van der Waals surface area (Å²) in [5.41, 5.74) is -0.641. The van der Waals surface area contributed by atoms with Crippen LogP contribution < -0.4 is 16.4 Å². The monoisotopic (exact) mass is 581 g/mol. The van der Waals surface area contributed by atoms with Crippen LogP contribution in [0.3, 0.4) is 0 Å². The quantitative estimate of drug-likeness (QED) is 0.252. The van der Waals surface area contributed by atoms with Crippen molar-refractivity contribution < 1.29 is 22.0 Å². The molecule has 3 aromatic heterocycles. The molecule has 0 bridgehead atoms. The number of anilines is 1. The number of alkyl halides is 3. The van der Waals surface area contributed by atoms with Gasteiger partial charge in [0, 0.05) is 55.4 Å². The highest BCUT2D eigenvalue weighted by Crippen LogP contribution is 2.38. The fraction of sp³-hybridized carbons (Fsp3) is 0.200. The summed E-state index contributed by atoms with van der Waals surface area (Å²) in [7, 11) is 2.98. The van der Waals surface area contributed by atoms with Crippen molar-refractivity contribution in [2.45, 2.75) is 26.1 Å². The van der Waals surface area contributed by atoms with Gasteiger partial charge in [-0.05, 0) is 66.8 Å². The largest absolute Gasteiger partial charge is 0.418 e. The highest BCUT2D eigenvalue weighted by Gasteiger charge is 2.34. The van der Waals surface area contributed by atoms with Crippen molar-refractivity contribution >= 4 is 16.5 Å².